The van der Waals surface area contributed by atoms with Crippen LogP contribution in [0.2, 0.25) is 0 Å². The van der Waals surface area contributed by atoms with Gasteiger partial charge in [0, 0.05) is 12.3 Å². The predicted octanol–water partition coefficient (Wildman–Crippen LogP) is 2.64. The third-order valence-electron chi connectivity index (χ3n) is 1.60. The molecular weight excluding hydrogens is 170 g/mol. The van der Waals surface area contributed by atoms with Crippen molar-refractivity contribution < 1.29 is 4.79 Å². The number of aromatic nitrogens is 1. The van der Waals surface area contributed by atoms with Gasteiger partial charge in [0.25, 0.3) is 0 Å². The van der Waals surface area contributed by atoms with Crippen LogP contribution in [-0.4, -0.2) is 10.8 Å². The zero-order valence-electron chi connectivity index (χ0n) is 7.84. The number of hydrogen-bond donors (Lipinski definition) is 0. The van der Waals surface area contributed by atoms with E-state index in [-0.39, 0.29) is 11.2 Å². The van der Waals surface area contributed by atoms with Gasteiger partial charge >= 0.3 is 0 Å². The predicted molar refractivity (Wildman–Crippen MR) is 50.8 cm³/mol. The largest absolute Gasteiger partial charge is 0.294 e. The van der Waals surface area contributed by atoms with Crippen molar-refractivity contribution in [1.82, 2.24) is 4.98 Å². The van der Waals surface area contributed by atoms with Gasteiger partial charge in [0.2, 0.25) is 0 Å². The fourth-order valence-electron chi connectivity index (χ4n) is 1.03. The van der Waals surface area contributed by atoms with Gasteiger partial charge < -0.3 is 0 Å². The summed E-state index contributed by atoms with van der Waals surface area (Å²) in [6, 6.07) is 0. The summed E-state index contributed by atoms with van der Waals surface area (Å²) < 4.78 is 0. The summed E-state index contributed by atoms with van der Waals surface area (Å²) in [6.45, 7) is 7.78. The second-order valence-electron chi connectivity index (χ2n) is 3.84. The highest BCUT2D eigenvalue weighted by Gasteiger charge is 2.22. The van der Waals surface area contributed by atoms with E-state index in [1.807, 2.05) is 0 Å². The zero-order valence-corrected chi connectivity index (χ0v) is 8.66. The Morgan fingerprint density at radius 1 is 1.50 bits per heavy atom. The molecule has 0 aromatic carbocycles. The van der Waals surface area contributed by atoms with E-state index in [0.717, 1.165) is 10.6 Å². The highest BCUT2D eigenvalue weighted by atomic mass is 32.1. The van der Waals surface area contributed by atoms with Crippen molar-refractivity contribution in [3.63, 3.8) is 0 Å². The van der Waals surface area contributed by atoms with E-state index in [1.54, 1.807) is 12.4 Å². The highest BCUT2D eigenvalue weighted by Crippen LogP contribution is 2.27. The number of carbonyl (C=O) groups is 1. The van der Waals surface area contributed by atoms with Crippen LogP contribution in [-0.2, 0) is 5.41 Å². The van der Waals surface area contributed by atoms with Crippen molar-refractivity contribution in [2.24, 2.45) is 0 Å². The first-order valence-electron chi connectivity index (χ1n) is 3.88. The van der Waals surface area contributed by atoms with Gasteiger partial charge in [-0.3, -0.25) is 4.79 Å². The Morgan fingerprint density at radius 2 is 2.08 bits per heavy atom. The molecule has 0 N–H and O–H groups in total. The number of thiazole rings is 1. The maximum Gasteiger partial charge on any atom is 0.171 e. The molecule has 3 heteroatoms. The average molecular weight is 183 g/mol. The van der Waals surface area contributed by atoms with Gasteiger partial charge in [0.1, 0.15) is 0 Å². The lowest BCUT2D eigenvalue weighted by Crippen LogP contribution is -2.15. The molecule has 0 aliphatic heterocycles. The molecule has 0 aliphatic rings. The molecular formula is C9H13NOS. The van der Waals surface area contributed by atoms with E-state index < -0.39 is 0 Å². The van der Waals surface area contributed by atoms with E-state index in [4.69, 9.17) is 0 Å². The van der Waals surface area contributed by atoms with E-state index in [2.05, 4.69) is 25.8 Å². The lowest BCUT2D eigenvalue weighted by atomic mass is 9.91. The van der Waals surface area contributed by atoms with E-state index in [1.165, 1.54) is 11.3 Å². The van der Waals surface area contributed by atoms with Crippen LogP contribution < -0.4 is 0 Å². The number of nitrogens with zero attached hydrogens (tertiary/aromatic N) is 1. The third kappa shape index (κ3) is 1.72. The quantitative estimate of drug-likeness (QED) is 0.626. The summed E-state index contributed by atoms with van der Waals surface area (Å²) in [6.07, 6.45) is 0. The van der Waals surface area contributed by atoms with Gasteiger partial charge in [-0.1, -0.05) is 20.8 Å². The van der Waals surface area contributed by atoms with E-state index in [9.17, 15) is 4.79 Å². The van der Waals surface area contributed by atoms with E-state index in [0.29, 0.717) is 0 Å². The normalized spacial score (nSPS) is 11.7. The summed E-state index contributed by atoms with van der Waals surface area (Å²) in [4.78, 5) is 16.1. The summed E-state index contributed by atoms with van der Waals surface area (Å²) >= 11 is 1.42. The van der Waals surface area contributed by atoms with Crippen molar-refractivity contribution in [2.45, 2.75) is 33.1 Å². The lowest BCUT2D eigenvalue weighted by molar-refractivity contribution is 0.101. The second-order valence-corrected chi connectivity index (χ2v) is 4.69. The van der Waals surface area contributed by atoms with Crippen molar-refractivity contribution in [3.8, 4) is 0 Å². The first-order valence-corrected chi connectivity index (χ1v) is 4.76. The van der Waals surface area contributed by atoms with Gasteiger partial charge in [0.05, 0.1) is 16.1 Å². The molecule has 0 saturated heterocycles. The van der Waals surface area contributed by atoms with E-state index >= 15 is 0 Å². The Balaban J connectivity index is 3.17. The van der Waals surface area contributed by atoms with Crippen molar-refractivity contribution in [2.75, 3.05) is 0 Å². The summed E-state index contributed by atoms with van der Waals surface area (Å²) in [5.41, 5.74) is 2.62. The SMILES string of the molecule is CC(=O)c1scnc1C(C)(C)C. The number of Topliss-reactive ketones (excluding diaryl/α,β-unsaturated/α-hetero) is 1. The van der Waals surface area contributed by atoms with Crippen molar-refractivity contribution in [1.29, 1.82) is 0 Å². The average Bonchev–Trinajstić information content (AvgIpc) is 2.30. The molecule has 12 heavy (non-hydrogen) atoms. The van der Waals surface area contributed by atoms with Gasteiger partial charge in [-0.25, -0.2) is 4.98 Å². The van der Waals surface area contributed by atoms with Crippen LogP contribution in [0.4, 0.5) is 0 Å². The van der Waals surface area contributed by atoms with Gasteiger partial charge in [0.15, 0.2) is 5.78 Å². The second kappa shape index (κ2) is 2.98. The fourth-order valence-corrected chi connectivity index (χ4v) is 1.93. The minimum atomic E-state index is -0.0268. The molecule has 1 aromatic heterocycles. The summed E-state index contributed by atoms with van der Waals surface area (Å²) in [5, 5.41) is 0. The summed E-state index contributed by atoms with van der Waals surface area (Å²) in [5.74, 6) is 0.113. The minimum absolute atomic E-state index is 0.0268. The number of rotatable bonds is 1. The first kappa shape index (κ1) is 9.39. The Hall–Kier alpha value is -0.700. The molecule has 1 aromatic rings. The molecule has 0 amide bonds. The lowest BCUT2D eigenvalue weighted by Gasteiger charge is -2.16. The minimum Gasteiger partial charge on any atom is -0.294 e. The van der Waals surface area contributed by atoms with Crippen LogP contribution in [0.5, 0.6) is 0 Å². The Labute approximate surface area is 76.6 Å². The molecule has 0 saturated carbocycles. The van der Waals surface area contributed by atoms with Crippen LogP contribution in [0.25, 0.3) is 0 Å². The molecule has 0 spiro atoms. The number of carbonyl (C=O) groups excluding carboxylic acids is 1. The van der Waals surface area contributed by atoms with Gasteiger partial charge in [-0.15, -0.1) is 11.3 Å². The van der Waals surface area contributed by atoms with Crippen LogP contribution >= 0.6 is 11.3 Å². The van der Waals surface area contributed by atoms with Crippen LogP contribution in [0.15, 0.2) is 5.51 Å². The van der Waals surface area contributed by atoms with Gasteiger partial charge in [-0.05, 0) is 0 Å². The Kier molecular flexibility index (Phi) is 2.33. The number of ketones is 1. The van der Waals surface area contributed by atoms with Gasteiger partial charge in [-0.2, -0.15) is 0 Å². The monoisotopic (exact) mass is 183 g/mol. The molecule has 0 atom stereocenters. The molecule has 1 rings (SSSR count). The summed E-state index contributed by atoms with van der Waals surface area (Å²) in [7, 11) is 0. The van der Waals surface area contributed by atoms with Crippen molar-refractivity contribution >= 4 is 17.1 Å². The maximum absolute atomic E-state index is 11.1. The molecule has 0 radical (unpaired) electrons. The zero-order chi connectivity index (χ0) is 9.35. The maximum atomic E-state index is 11.1. The molecule has 66 valence electrons. The molecule has 2 nitrogen and oxygen atoms in total. The fraction of sp³-hybridized carbons (Fsp3) is 0.556. The first-order chi connectivity index (χ1) is 5.43. The number of hydrogen-bond acceptors (Lipinski definition) is 3. The molecule has 0 unspecified atom stereocenters. The third-order valence-corrected chi connectivity index (χ3v) is 2.52. The highest BCUT2D eigenvalue weighted by molar-refractivity contribution is 7.11. The molecule has 0 fully saturated rings. The molecule has 0 aliphatic carbocycles. The standard InChI is InChI=1S/C9H13NOS/c1-6(11)7-8(9(2,3)4)10-5-12-7/h5H,1-4H3. The van der Waals surface area contributed by atoms with Crippen LogP contribution in [0.3, 0.4) is 0 Å². The molecule has 1 heterocycles. The van der Waals surface area contributed by atoms with Crippen molar-refractivity contribution in [3.05, 3.63) is 16.1 Å². The smallest absolute Gasteiger partial charge is 0.171 e. The van der Waals surface area contributed by atoms with Crippen LogP contribution in [0, 0.1) is 0 Å². The topological polar surface area (TPSA) is 30.0 Å². The van der Waals surface area contributed by atoms with Crippen LogP contribution in [0.1, 0.15) is 43.1 Å². The molecule has 0 bridgehead atoms. The Morgan fingerprint density at radius 3 is 2.42 bits per heavy atom. The Bertz CT molecular complexity index is 296.